The number of hydrogen-bond donors (Lipinski definition) is 2. The van der Waals surface area contributed by atoms with Crippen molar-refractivity contribution in [3.8, 4) is 0 Å². The van der Waals surface area contributed by atoms with Crippen LogP contribution in [0, 0.1) is 46.3 Å². The first-order valence-electron chi connectivity index (χ1n) is 13.2. The van der Waals surface area contributed by atoms with Crippen molar-refractivity contribution in [2.45, 2.75) is 77.0 Å². The van der Waals surface area contributed by atoms with Crippen molar-refractivity contribution in [3.63, 3.8) is 0 Å². The third kappa shape index (κ3) is 4.61. The number of rotatable bonds is 9. The lowest BCUT2D eigenvalue weighted by atomic mass is 9.49. The van der Waals surface area contributed by atoms with Gasteiger partial charge in [0.2, 0.25) is 11.8 Å². The Morgan fingerprint density at radius 2 is 0.844 bits per heavy atom. The number of nitrogens with one attached hydrogen (secondary N) is 2. The molecule has 32 heavy (non-hydrogen) atoms. The molecule has 2 amide bonds. The quantitative estimate of drug-likeness (QED) is 0.362. The van der Waals surface area contributed by atoms with Crippen molar-refractivity contribution in [2.75, 3.05) is 24.6 Å². The molecule has 0 aromatic carbocycles. The second kappa shape index (κ2) is 8.70. The van der Waals surface area contributed by atoms with E-state index in [-0.39, 0.29) is 11.8 Å². The lowest BCUT2D eigenvalue weighted by molar-refractivity contribution is -0.121. The second-order valence-corrected chi connectivity index (χ2v) is 15.4. The molecule has 0 heterocycles. The van der Waals surface area contributed by atoms with Crippen LogP contribution in [0.2, 0.25) is 0 Å². The minimum absolute atomic E-state index is 0.146. The van der Waals surface area contributed by atoms with E-state index in [9.17, 15) is 9.59 Å². The van der Waals surface area contributed by atoms with Gasteiger partial charge in [0, 0.05) is 13.1 Å². The first kappa shape index (κ1) is 22.1. The number of hydrogen-bond acceptors (Lipinski definition) is 4. The lowest BCUT2D eigenvalue weighted by Gasteiger charge is -2.57. The van der Waals surface area contributed by atoms with Crippen LogP contribution < -0.4 is 10.6 Å². The van der Waals surface area contributed by atoms with Crippen molar-refractivity contribution in [1.82, 2.24) is 10.6 Å². The molecule has 8 aliphatic carbocycles. The lowest BCUT2D eigenvalue weighted by Crippen LogP contribution is -2.51. The van der Waals surface area contributed by atoms with Crippen molar-refractivity contribution in [1.29, 1.82) is 0 Å². The molecule has 178 valence electrons. The largest absolute Gasteiger partial charge is 0.355 e. The van der Waals surface area contributed by atoms with Crippen LogP contribution in [0.1, 0.15) is 77.0 Å². The van der Waals surface area contributed by atoms with Gasteiger partial charge >= 0.3 is 0 Å². The molecule has 8 saturated carbocycles. The highest BCUT2D eigenvalue weighted by molar-refractivity contribution is 8.77. The van der Waals surface area contributed by atoms with Gasteiger partial charge < -0.3 is 10.6 Å². The highest BCUT2D eigenvalue weighted by Crippen LogP contribution is 2.60. The van der Waals surface area contributed by atoms with Gasteiger partial charge in [-0.1, -0.05) is 21.6 Å². The minimum Gasteiger partial charge on any atom is -0.355 e. The third-order valence-corrected chi connectivity index (χ3v) is 12.2. The van der Waals surface area contributed by atoms with E-state index in [1.165, 1.54) is 98.6 Å². The van der Waals surface area contributed by atoms with Gasteiger partial charge in [-0.3, -0.25) is 9.59 Å². The van der Waals surface area contributed by atoms with Gasteiger partial charge in [0.15, 0.2) is 0 Å². The van der Waals surface area contributed by atoms with Gasteiger partial charge in [-0.2, -0.15) is 0 Å². The maximum absolute atomic E-state index is 12.4. The normalized spacial score (nSPS) is 45.2. The van der Waals surface area contributed by atoms with Crippen LogP contribution in [0.25, 0.3) is 0 Å². The zero-order valence-electron chi connectivity index (χ0n) is 19.4. The van der Waals surface area contributed by atoms with Gasteiger partial charge in [0.1, 0.15) is 0 Å². The highest BCUT2D eigenvalue weighted by atomic mass is 33.1. The Bertz CT molecular complexity index is 622. The van der Waals surface area contributed by atoms with Gasteiger partial charge in [-0.25, -0.2) is 0 Å². The molecule has 0 radical (unpaired) electrons. The predicted molar refractivity (Wildman–Crippen MR) is 132 cm³/mol. The van der Waals surface area contributed by atoms with Gasteiger partial charge in [0.05, 0.1) is 11.5 Å². The highest BCUT2D eigenvalue weighted by Gasteiger charge is 2.51. The second-order valence-electron chi connectivity index (χ2n) is 12.9. The summed E-state index contributed by atoms with van der Waals surface area (Å²) < 4.78 is 0. The van der Waals surface area contributed by atoms with Crippen LogP contribution >= 0.6 is 21.6 Å². The summed E-state index contributed by atoms with van der Waals surface area (Å²) in [5.74, 6) is 6.79. The van der Waals surface area contributed by atoms with Crippen LogP contribution in [0.3, 0.4) is 0 Å². The molecule has 0 unspecified atom stereocenters. The monoisotopic (exact) mass is 476 g/mol. The SMILES string of the molecule is O=C(CSSCC(=O)NCC12CC3CC(CC(C3)C1)C2)NCC12CC3CC(CC(C3)C1)C2. The molecule has 0 aliphatic heterocycles. The van der Waals surface area contributed by atoms with Crippen molar-refractivity contribution in [2.24, 2.45) is 46.3 Å². The van der Waals surface area contributed by atoms with Crippen LogP contribution in [-0.4, -0.2) is 36.4 Å². The number of amides is 2. The fourth-order valence-electron chi connectivity index (χ4n) is 9.88. The summed E-state index contributed by atoms with van der Waals surface area (Å²) in [7, 11) is 3.07. The average molecular weight is 477 g/mol. The van der Waals surface area contributed by atoms with Gasteiger partial charge in [0.25, 0.3) is 0 Å². The molecule has 8 bridgehead atoms. The summed E-state index contributed by atoms with van der Waals surface area (Å²) in [5, 5.41) is 6.51. The zero-order chi connectivity index (χ0) is 21.8. The molecule has 0 aromatic rings. The standard InChI is InChI=1S/C26H40N2O2S2/c29-23(27-15-25-7-17-1-18(8-25)3-19(2-17)9-25)13-31-32-14-24(30)28-16-26-10-20-4-21(11-26)6-22(5-20)12-26/h17-22H,1-16H2,(H,27,29)(H,28,30). The van der Waals surface area contributed by atoms with Crippen LogP contribution in [0.5, 0.6) is 0 Å². The molecule has 2 N–H and O–H groups in total. The Labute approximate surface area is 201 Å². The van der Waals surface area contributed by atoms with Gasteiger partial charge in [-0.05, 0) is 123 Å². The smallest absolute Gasteiger partial charge is 0.230 e. The maximum Gasteiger partial charge on any atom is 0.230 e. The average Bonchev–Trinajstić information content (AvgIpc) is 2.72. The van der Waals surface area contributed by atoms with Crippen molar-refractivity contribution < 1.29 is 9.59 Å². The predicted octanol–water partition coefficient (Wildman–Crippen LogP) is 5.03. The number of carbonyl (C=O) groups is 2. The van der Waals surface area contributed by atoms with Crippen LogP contribution in [0.15, 0.2) is 0 Å². The molecule has 0 saturated heterocycles. The van der Waals surface area contributed by atoms with Crippen molar-refractivity contribution >= 4 is 33.4 Å². The van der Waals surface area contributed by atoms with E-state index in [0.29, 0.717) is 22.3 Å². The summed E-state index contributed by atoms with van der Waals surface area (Å²) in [4.78, 5) is 24.8. The summed E-state index contributed by atoms with van der Waals surface area (Å²) in [6, 6.07) is 0. The fraction of sp³-hybridized carbons (Fsp3) is 0.923. The maximum atomic E-state index is 12.4. The molecular formula is C26H40N2O2S2. The molecule has 8 fully saturated rings. The van der Waals surface area contributed by atoms with Crippen LogP contribution in [-0.2, 0) is 9.59 Å². The molecule has 0 spiro atoms. The molecule has 0 atom stereocenters. The van der Waals surface area contributed by atoms with E-state index in [4.69, 9.17) is 0 Å². The number of carbonyl (C=O) groups excluding carboxylic acids is 2. The van der Waals surface area contributed by atoms with E-state index in [0.717, 1.165) is 48.6 Å². The molecule has 6 heteroatoms. The first-order valence-corrected chi connectivity index (χ1v) is 15.7. The van der Waals surface area contributed by atoms with Gasteiger partial charge in [-0.15, -0.1) is 0 Å². The Morgan fingerprint density at radius 1 is 0.562 bits per heavy atom. The zero-order valence-corrected chi connectivity index (χ0v) is 21.0. The molecule has 4 nitrogen and oxygen atoms in total. The van der Waals surface area contributed by atoms with E-state index < -0.39 is 0 Å². The fourth-order valence-corrected chi connectivity index (χ4v) is 11.6. The minimum atomic E-state index is 0.146. The summed E-state index contributed by atoms with van der Waals surface area (Å²) in [6.07, 6.45) is 16.7. The molecular weight excluding hydrogens is 436 g/mol. The van der Waals surface area contributed by atoms with E-state index in [1.807, 2.05) is 0 Å². The Kier molecular flexibility index (Phi) is 6.01. The van der Waals surface area contributed by atoms with Crippen molar-refractivity contribution in [3.05, 3.63) is 0 Å². The summed E-state index contributed by atoms with van der Waals surface area (Å²) >= 11 is 0. The molecule has 8 aliphatic rings. The topological polar surface area (TPSA) is 58.2 Å². The first-order chi connectivity index (χ1) is 15.5. The van der Waals surface area contributed by atoms with E-state index in [2.05, 4.69) is 10.6 Å². The summed E-state index contributed by atoms with van der Waals surface area (Å²) in [6.45, 7) is 1.76. The molecule has 8 rings (SSSR count). The van der Waals surface area contributed by atoms with E-state index >= 15 is 0 Å². The summed E-state index contributed by atoms with van der Waals surface area (Å²) in [5.41, 5.74) is 0.804. The molecule has 0 aromatic heterocycles. The Balaban J connectivity index is 0.870. The third-order valence-electron chi connectivity index (χ3n) is 10.1. The Morgan fingerprint density at radius 3 is 1.12 bits per heavy atom. The Hall–Kier alpha value is -0.360. The van der Waals surface area contributed by atoms with Crippen LogP contribution in [0.4, 0.5) is 0 Å². The van der Waals surface area contributed by atoms with E-state index in [1.54, 1.807) is 0 Å².